The maximum Gasteiger partial charge on any atom is 0.249 e. The molecule has 3 aromatic rings. The first kappa shape index (κ1) is 17.0. The summed E-state index contributed by atoms with van der Waals surface area (Å²) < 4.78 is 13.2. The molecule has 0 fully saturated rings. The molecule has 0 aliphatic rings. The quantitative estimate of drug-likeness (QED) is 0.727. The standard InChI is InChI=1S/C17H16ClFN6/c1-25(9-6-12-4-7-20-8-5-12)16-11-21-24-17(23-16)22-13-2-3-15(19)14(18)10-13/h2-5,7-8,10-11H,6,9H2,1H3,(H,22,23,24). The first-order valence-electron chi connectivity index (χ1n) is 7.63. The van der Waals surface area contributed by atoms with E-state index in [9.17, 15) is 4.39 Å². The van der Waals surface area contributed by atoms with E-state index in [0.717, 1.165) is 13.0 Å². The first-order valence-corrected chi connectivity index (χ1v) is 8.01. The topological polar surface area (TPSA) is 66.8 Å². The third-order valence-electron chi connectivity index (χ3n) is 3.60. The maximum absolute atomic E-state index is 13.2. The molecule has 0 unspecified atom stereocenters. The van der Waals surface area contributed by atoms with Crippen molar-refractivity contribution in [2.45, 2.75) is 6.42 Å². The van der Waals surface area contributed by atoms with Crippen LogP contribution in [0.5, 0.6) is 0 Å². The molecule has 6 nitrogen and oxygen atoms in total. The second-order valence-corrected chi connectivity index (χ2v) is 5.83. The lowest BCUT2D eigenvalue weighted by Crippen LogP contribution is -2.22. The highest BCUT2D eigenvalue weighted by Gasteiger charge is 2.08. The molecule has 0 spiro atoms. The van der Waals surface area contributed by atoms with Crippen molar-refractivity contribution in [3.8, 4) is 0 Å². The average Bonchev–Trinajstić information content (AvgIpc) is 2.64. The van der Waals surface area contributed by atoms with Gasteiger partial charge in [-0.2, -0.15) is 10.1 Å². The molecule has 0 saturated heterocycles. The highest BCUT2D eigenvalue weighted by atomic mass is 35.5. The number of rotatable bonds is 6. The third kappa shape index (κ3) is 4.60. The van der Waals surface area contributed by atoms with Crippen molar-refractivity contribution in [2.24, 2.45) is 0 Å². The Labute approximate surface area is 149 Å². The zero-order chi connectivity index (χ0) is 17.6. The summed E-state index contributed by atoms with van der Waals surface area (Å²) in [6.07, 6.45) is 6.00. The van der Waals surface area contributed by atoms with Crippen LogP contribution in [0.25, 0.3) is 0 Å². The van der Waals surface area contributed by atoms with Crippen LogP contribution in [0.3, 0.4) is 0 Å². The first-order chi connectivity index (χ1) is 12.1. The van der Waals surface area contributed by atoms with Gasteiger partial charge >= 0.3 is 0 Å². The van der Waals surface area contributed by atoms with Crippen LogP contribution in [0.15, 0.2) is 48.9 Å². The fraction of sp³-hybridized carbons (Fsp3) is 0.176. The minimum absolute atomic E-state index is 0.0311. The summed E-state index contributed by atoms with van der Waals surface area (Å²) in [6.45, 7) is 0.768. The highest BCUT2D eigenvalue weighted by molar-refractivity contribution is 6.31. The second-order valence-electron chi connectivity index (χ2n) is 5.42. The summed E-state index contributed by atoms with van der Waals surface area (Å²) in [5.74, 6) is 0.520. The summed E-state index contributed by atoms with van der Waals surface area (Å²) in [5, 5.41) is 10.9. The molecule has 2 aromatic heterocycles. The summed E-state index contributed by atoms with van der Waals surface area (Å²) in [7, 11) is 1.93. The number of benzene rings is 1. The number of aromatic nitrogens is 4. The minimum atomic E-state index is -0.476. The maximum atomic E-state index is 13.2. The van der Waals surface area contributed by atoms with Gasteiger partial charge in [-0.3, -0.25) is 4.98 Å². The van der Waals surface area contributed by atoms with Crippen LogP contribution in [0.1, 0.15) is 5.56 Å². The van der Waals surface area contributed by atoms with E-state index in [-0.39, 0.29) is 5.02 Å². The van der Waals surface area contributed by atoms with E-state index in [1.54, 1.807) is 24.7 Å². The zero-order valence-electron chi connectivity index (χ0n) is 13.5. The smallest absolute Gasteiger partial charge is 0.249 e. The zero-order valence-corrected chi connectivity index (χ0v) is 14.3. The summed E-state index contributed by atoms with van der Waals surface area (Å²) in [6, 6.07) is 8.28. The van der Waals surface area contributed by atoms with Gasteiger partial charge in [-0.25, -0.2) is 4.39 Å². The molecular formula is C17H16ClFN6. The predicted molar refractivity (Wildman–Crippen MR) is 95.7 cm³/mol. The Balaban J connectivity index is 1.66. The van der Waals surface area contributed by atoms with E-state index in [2.05, 4.69) is 25.5 Å². The largest absolute Gasteiger partial charge is 0.358 e. The number of anilines is 3. The minimum Gasteiger partial charge on any atom is -0.358 e. The van der Waals surface area contributed by atoms with Crippen LogP contribution in [0, 0.1) is 5.82 Å². The normalized spacial score (nSPS) is 10.5. The molecule has 128 valence electrons. The predicted octanol–water partition coefficient (Wildman–Crippen LogP) is 3.48. The Morgan fingerprint density at radius 2 is 2.00 bits per heavy atom. The van der Waals surface area contributed by atoms with Gasteiger partial charge in [0, 0.05) is 31.7 Å². The number of nitrogens with one attached hydrogen (secondary N) is 1. The van der Waals surface area contributed by atoms with E-state index in [0.29, 0.717) is 17.5 Å². The highest BCUT2D eigenvalue weighted by Crippen LogP contribution is 2.21. The van der Waals surface area contributed by atoms with Crippen LogP contribution >= 0.6 is 11.6 Å². The van der Waals surface area contributed by atoms with Crippen molar-refractivity contribution in [3.63, 3.8) is 0 Å². The van der Waals surface area contributed by atoms with Gasteiger partial charge in [0.05, 0.1) is 11.2 Å². The number of likely N-dealkylation sites (N-methyl/N-ethyl adjacent to an activating group) is 1. The molecule has 1 aromatic carbocycles. The van der Waals surface area contributed by atoms with Crippen LogP contribution < -0.4 is 10.2 Å². The Morgan fingerprint density at radius 3 is 2.76 bits per heavy atom. The fourth-order valence-corrected chi connectivity index (χ4v) is 2.38. The molecule has 0 bridgehead atoms. The molecule has 25 heavy (non-hydrogen) atoms. The summed E-state index contributed by atoms with van der Waals surface area (Å²) in [4.78, 5) is 10.4. The van der Waals surface area contributed by atoms with Crippen LogP contribution in [-0.4, -0.2) is 33.8 Å². The van der Waals surface area contributed by atoms with Crippen molar-refractivity contribution in [1.82, 2.24) is 20.2 Å². The van der Waals surface area contributed by atoms with Gasteiger partial charge in [-0.1, -0.05) is 11.6 Å². The van der Waals surface area contributed by atoms with Crippen molar-refractivity contribution >= 4 is 29.1 Å². The number of halogens is 2. The average molecular weight is 359 g/mol. The van der Waals surface area contributed by atoms with Crippen molar-refractivity contribution in [1.29, 1.82) is 0 Å². The van der Waals surface area contributed by atoms with Gasteiger partial charge in [0.1, 0.15) is 5.82 Å². The van der Waals surface area contributed by atoms with Crippen molar-refractivity contribution in [2.75, 3.05) is 23.8 Å². The second kappa shape index (κ2) is 7.85. The van der Waals surface area contributed by atoms with E-state index in [4.69, 9.17) is 11.6 Å². The van der Waals surface area contributed by atoms with Gasteiger partial charge < -0.3 is 10.2 Å². The number of hydrogen-bond donors (Lipinski definition) is 1. The van der Waals surface area contributed by atoms with Gasteiger partial charge in [0.2, 0.25) is 5.95 Å². The lowest BCUT2D eigenvalue weighted by Gasteiger charge is -2.18. The summed E-state index contributed by atoms with van der Waals surface area (Å²) in [5.41, 5.74) is 1.79. The number of hydrogen-bond acceptors (Lipinski definition) is 6. The summed E-state index contributed by atoms with van der Waals surface area (Å²) >= 11 is 5.78. The van der Waals surface area contributed by atoms with E-state index < -0.39 is 5.82 Å². The molecular weight excluding hydrogens is 343 g/mol. The molecule has 0 amide bonds. The lowest BCUT2D eigenvalue weighted by atomic mass is 10.2. The fourth-order valence-electron chi connectivity index (χ4n) is 2.20. The van der Waals surface area contributed by atoms with Gasteiger partial charge in [-0.15, -0.1) is 5.10 Å². The van der Waals surface area contributed by atoms with E-state index >= 15 is 0 Å². The monoisotopic (exact) mass is 358 g/mol. The molecule has 0 radical (unpaired) electrons. The van der Waals surface area contributed by atoms with Crippen LogP contribution in [0.4, 0.5) is 21.8 Å². The molecule has 2 heterocycles. The Bertz CT molecular complexity index is 846. The van der Waals surface area contributed by atoms with E-state index in [1.165, 1.54) is 17.7 Å². The SMILES string of the molecule is CN(CCc1ccncc1)c1cnnc(Nc2ccc(F)c(Cl)c2)n1. The third-order valence-corrected chi connectivity index (χ3v) is 3.89. The molecule has 1 N–H and O–H groups in total. The van der Waals surface area contributed by atoms with E-state index in [1.807, 2.05) is 24.1 Å². The Kier molecular flexibility index (Phi) is 5.35. The Morgan fingerprint density at radius 1 is 1.20 bits per heavy atom. The molecule has 0 aliphatic carbocycles. The van der Waals surface area contributed by atoms with Crippen LogP contribution in [0.2, 0.25) is 5.02 Å². The number of nitrogens with zero attached hydrogens (tertiary/aromatic N) is 5. The number of pyridine rings is 1. The van der Waals surface area contributed by atoms with Gasteiger partial charge in [0.25, 0.3) is 0 Å². The molecule has 0 aliphatic heterocycles. The van der Waals surface area contributed by atoms with Crippen molar-refractivity contribution in [3.05, 3.63) is 65.3 Å². The Hall–Kier alpha value is -2.80. The van der Waals surface area contributed by atoms with Gasteiger partial charge in [-0.05, 0) is 42.3 Å². The van der Waals surface area contributed by atoms with Crippen molar-refractivity contribution < 1.29 is 4.39 Å². The lowest BCUT2D eigenvalue weighted by molar-refractivity contribution is 0.628. The van der Waals surface area contributed by atoms with Crippen LogP contribution in [-0.2, 0) is 6.42 Å². The molecule has 0 saturated carbocycles. The molecule has 0 atom stereocenters. The molecule has 3 rings (SSSR count). The molecule has 8 heteroatoms. The van der Waals surface area contributed by atoms with Gasteiger partial charge in [0.15, 0.2) is 5.82 Å².